The first-order chi connectivity index (χ1) is 5.33. The van der Waals surface area contributed by atoms with Gasteiger partial charge in [-0.05, 0) is 13.8 Å². The number of hydrogen-bond donors (Lipinski definition) is 0. The first-order valence-electron chi connectivity index (χ1n) is 3.64. The molecule has 0 rings (SSSR count). The lowest BCUT2D eigenvalue weighted by molar-refractivity contribution is 0.0150. The monoisotopic (exact) mass is 212 g/mol. The second-order valence-corrected chi connectivity index (χ2v) is 6.14. The van der Waals surface area contributed by atoms with Crippen LogP contribution in [-0.2, 0) is 19.6 Å². The smallest absolute Gasteiger partial charge is 0.191 e. The number of hydrogen-bond acceptors (Lipinski definition) is 4. The molecule has 0 aromatic heterocycles. The van der Waals surface area contributed by atoms with Crippen molar-refractivity contribution in [2.75, 3.05) is 26.6 Å². The largest absolute Gasteiger partial charge is 0.226 e. The van der Waals surface area contributed by atoms with Crippen molar-refractivity contribution in [2.45, 2.75) is 18.8 Å². The van der Waals surface area contributed by atoms with Crippen molar-refractivity contribution >= 4 is 23.2 Å². The van der Waals surface area contributed by atoms with Gasteiger partial charge in [0, 0.05) is 14.1 Å². The summed E-state index contributed by atoms with van der Waals surface area (Å²) in [6.45, 7) is 3.99. The van der Waals surface area contributed by atoms with E-state index in [1.807, 2.05) is 40.5 Å². The second-order valence-electron chi connectivity index (χ2n) is 3.19. The predicted molar refractivity (Wildman–Crippen MR) is 56.7 cm³/mol. The Morgan fingerprint density at radius 3 is 2.08 bits per heavy atom. The highest BCUT2D eigenvalue weighted by Gasteiger charge is 2.28. The minimum absolute atomic E-state index is 0.0191. The molecule has 0 aliphatic rings. The molecule has 0 aliphatic heterocycles. The summed E-state index contributed by atoms with van der Waals surface area (Å²) in [7, 11) is 3.70. The van der Waals surface area contributed by atoms with Gasteiger partial charge in [-0.1, -0.05) is 0 Å². The summed E-state index contributed by atoms with van der Waals surface area (Å²) in [4.78, 5) is -0.281. The lowest BCUT2D eigenvalue weighted by Gasteiger charge is -2.20. The third-order valence-electron chi connectivity index (χ3n) is 0.754. The Bertz CT molecular complexity index is 129. The van der Waals surface area contributed by atoms with E-state index in [-0.39, 0.29) is 16.1 Å². The average molecular weight is 212 g/mol. The maximum absolute atomic E-state index is 5.63. The molecular formula is C7H18NO2S2+. The molecule has 0 radical (unpaired) electrons. The highest BCUT2D eigenvalue weighted by atomic mass is 32.2. The summed E-state index contributed by atoms with van der Waals surface area (Å²) < 4.78 is 10.9. The van der Waals surface area contributed by atoms with Crippen molar-refractivity contribution in [3.05, 3.63) is 0 Å². The molecule has 0 aromatic carbocycles. The molecule has 0 aromatic rings. The zero-order valence-corrected chi connectivity index (χ0v) is 10.2. The van der Waals surface area contributed by atoms with E-state index in [1.165, 1.54) is 12.0 Å². The van der Waals surface area contributed by atoms with Crippen LogP contribution in [0, 0.1) is 0 Å². The normalized spacial score (nSPS) is 13.0. The summed E-state index contributed by atoms with van der Waals surface area (Å²) in [6, 6.07) is 0. The van der Waals surface area contributed by atoms with Crippen LogP contribution in [0.2, 0.25) is 0 Å². The summed E-state index contributed by atoms with van der Waals surface area (Å²) >= 11 is 1.31. The van der Waals surface area contributed by atoms with Crippen molar-refractivity contribution < 1.29 is 8.47 Å². The molecule has 0 atom stereocenters. The Morgan fingerprint density at radius 2 is 1.75 bits per heavy atom. The Balaban J connectivity index is 3.71. The fourth-order valence-electron chi connectivity index (χ4n) is 0.580. The molecule has 12 heavy (non-hydrogen) atoms. The molecule has 0 amide bonds. The van der Waals surface area contributed by atoms with Crippen molar-refractivity contribution in [1.82, 2.24) is 5.06 Å². The summed E-state index contributed by atoms with van der Waals surface area (Å²) in [6.07, 6.45) is 4.08. The van der Waals surface area contributed by atoms with Gasteiger partial charge in [-0.15, -0.1) is 0 Å². The van der Waals surface area contributed by atoms with E-state index in [0.29, 0.717) is 0 Å². The van der Waals surface area contributed by atoms with Crippen LogP contribution in [0.1, 0.15) is 13.8 Å². The van der Waals surface area contributed by atoms with Gasteiger partial charge in [0.25, 0.3) is 0 Å². The van der Waals surface area contributed by atoms with Crippen molar-refractivity contribution in [3.8, 4) is 0 Å². The number of nitrogens with zero attached hydrogens (tertiary/aromatic N) is 1. The second kappa shape index (κ2) is 5.34. The van der Waals surface area contributed by atoms with Gasteiger partial charge in [0.2, 0.25) is 0 Å². The standard InChI is InChI=1S/C7H18NO2S2/c1-7(2,9-12(5)6)11-10-8(3)4/h1-6H3/q+1. The molecule has 0 heterocycles. The molecule has 0 spiro atoms. The van der Waals surface area contributed by atoms with Crippen LogP contribution in [0.3, 0.4) is 0 Å². The quantitative estimate of drug-likeness (QED) is 0.299. The lowest BCUT2D eigenvalue weighted by Crippen LogP contribution is -2.25. The Labute approximate surface area is 82.5 Å². The van der Waals surface area contributed by atoms with Crippen molar-refractivity contribution in [2.24, 2.45) is 0 Å². The van der Waals surface area contributed by atoms with Crippen LogP contribution in [0.25, 0.3) is 0 Å². The first kappa shape index (κ1) is 12.6. The van der Waals surface area contributed by atoms with E-state index >= 15 is 0 Å². The molecule has 3 nitrogen and oxygen atoms in total. The maximum Gasteiger partial charge on any atom is 0.191 e. The van der Waals surface area contributed by atoms with Gasteiger partial charge >= 0.3 is 0 Å². The zero-order valence-electron chi connectivity index (χ0n) is 8.58. The van der Waals surface area contributed by atoms with E-state index in [9.17, 15) is 0 Å². The SMILES string of the molecule is CN(C)OSC(C)(C)O[S+](C)C. The molecular weight excluding hydrogens is 194 g/mol. The molecule has 0 N–H and O–H groups in total. The first-order valence-corrected chi connectivity index (χ1v) is 6.34. The van der Waals surface area contributed by atoms with Crippen molar-refractivity contribution in [3.63, 3.8) is 0 Å². The number of rotatable bonds is 5. The van der Waals surface area contributed by atoms with E-state index in [2.05, 4.69) is 0 Å². The molecule has 0 saturated carbocycles. The predicted octanol–water partition coefficient (Wildman–Crippen LogP) is 1.67. The van der Waals surface area contributed by atoms with E-state index in [4.69, 9.17) is 8.47 Å². The maximum atomic E-state index is 5.63. The van der Waals surface area contributed by atoms with Gasteiger partial charge in [0.15, 0.2) is 4.93 Å². The fraction of sp³-hybridized carbons (Fsp3) is 1.00. The molecule has 0 aliphatic carbocycles. The van der Waals surface area contributed by atoms with Crippen LogP contribution in [0.4, 0.5) is 0 Å². The van der Waals surface area contributed by atoms with Gasteiger partial charge in [-0.3, -0.25) is 0 Å². The van der Waals surface area contributed by atoms with Crippen LogP contribution in [0.5, 0.6) is 0 Å². The van der Waals surface area contributed by atoms with Crippen LogP contribution < -0.4 is 0 Å². The minimum atomic E-state index is -0.281. The third-order valence-corrected chi connectivity index (χ3v) is 2.47. The Kier molecular flexibility index (Phi) is 5.60. The van der Waals surface area contributed by atoms with E-state index in [0.717, 1.165) is 0 Å². The van der Waals surface area contributed by atoms with Crippen LogP contribution >= 0.6 is 12.0 Å². The topological polar surface area (TPSA) is 21.7 Å². The summed E-state index contributed by atoms with van der Waals surface area (Å²) in [5.74, 6) is 0. The van der Waals surface area contributed by atoms with Crippen LogP contribution in [-0.4, -0.2) is 36.6 Å². The zero-order chi connectivity index (χ0) is 9.78. The molecule has 0 fully saturated rings. The fourth-order valence-corrected chi connectivity index (χ4v) is 2.23. The summed E-state index contributed by atoms with van der Waals surface area (Å²) in [5, 5.41) is 1.65. The summed E-state index contributed by atoms with van der Waals surface area (Å²) in [5.41, 5.74) is 0. The highest BCUT2D eigenvalue weighted by molar-refractivity contribution is 7.97. The van der Waals surface area contributed by atoms with Gasteiger partial charge in [-0.25, -0.2) is 4.28 Å². The Morgan fingerprint density at radius 1 is 1.25 bits per heavy atom. The molecule has 0 saturated heterocycles. The highest BCUT2D eigenvalue weighted by Crippen LogP contribution is 2.28. The number of hydroxylamine groups is 2. The molecule has 74 valence electrons. The lowest BCUT2D eigenvalue weighted by atomic mass is 10.5. The van der Waals surface area contributed by atoms with Gasteiger partial charge in [0.05, 0.1) is 12.0 Å². The van der Waals surface area contributed by atoms with Gasteiger partial charge in [-0.2, -0.15) is 9.25 Å². The van der Waals surface area contributed by atoms with Gasteiger partial charge in [0.1, 0.15) is 23.7 Å². The molecule has 5 heteroatoms. The average Bonchev–Trinajstić information content (AvgIpc) is 1.81. The van der Waals surface area contributed by atoms with E-state index in [1.54, 1.807) is 5.06 Å². The van der Waals surface area contributed by atoms with Gasteiger partial charge < -0.3 is 0 Å². The van der Waals surface area contributed by atoms with E-state index < -0.39 is 0 Å². The molecule has 0 unspecified atom stereocenters. The Hall–Kier alpha value is 0.580. The minimum Gasteiger partial charge on any atom is -0.226 e. The van der Waals surface area contributed by atoms with Crippen LogP contribution in [0.15, 0.2) is 0 Å². The molecule has 0 bridgehead atoms. The van der Waals surface area contributed by atoms with Crippen molar-refractivity contribution in [1.29, 1.82) is 0 Å². The third kappa shape index (κ3) is 7.24.